The van der Waals surface area contributed by atoms with Crippen LogP contribution in [-0.4, -0.2) is 5.91 Å². The van der Waals surface area contributed by atoms with E-state index >= 15 is 0 Å². The van der Waals surface area contributed by atoms with Gasteiger partial charge in [-0.05, 0) is 37.5 Å². The van der Waals surface area contributed by atoms with Crippen LogP contribution in [0.5, 0.6) is 0 Å². The van der Waals surface area contributed by atoms with Crippen LogP contribution < -0.4 is 5.32 Å². The highest BCUT2D eigenvalue weighted by molar-refractivity contribution is 5.91. The molecule has 1 rings (SSSR count). The van der Waals surface area contributed by atoms with Crippen LogP contribution in [0.4, 0.5) is 5.69 Å². The van der Waals surface area contributed by atoms with Gasteiger partial charge >= 0.3 is 0 Å². The lowest BCUT2D eigenvalue weighted by Crippen LogP contribution is -2.11. The summed E-state index contributed by atoms with van der Waals surface area (Å²) in [5.41, 5.74) is 2.82. The van der Waals surface area contributed by atoms with Gasteiger partial charge in [0.1, 0.15) is 0 Å². The Morgan fingerprint density at radius 1 is 1.50 bits per heavy atom. The van der Waals surface area contributed by atoms with Crippen LogP contribution in [0.15, 0.2) is 18.2 Å². The Hall–Kier alpha value is -1.31. The number of hydrogen-bond donors (Lipinski definition) is 1. The summed E-state index contributed by atoms with van der Waals surface area (Å²) in [4.78, 5) is 11.3. The van der Waals surface area contributed by atoms with Crippen molar-refractivity contribution >= 4 is 11.6 Å². The Morgan fingerprint density at radius 2 is 2.21 bits per heavy atom. The average molecular weight is 190 g/mol. The minimum absolute atomic E-state index is 0.0583. The maximum Gasteiger partial charge on any atom is 0.224 e. The second kappa shape index (κ2) is 4.80. The molecule has 0 unspecified atom stereocenters. The van der Waals surface area contributed by atoms with Gasteiger partial charge in [0, 0.05) is 12.1 Å². The van der Waals surface area contributed by atoms with Crippen molar-refractivity contribution in [2.75, 3.05) is 5.32 Å². The van der Waals surface area contributed by atoms with Gasteiger partial charge in [-0.15, -0.1) is 0 Å². The van der Waals surface area contributed by atoms with Crippen LogP contribution in [0.1, 0.15) is 30.9 Å². The standard InChI is InChI=1S/C12H16NO/c1-4-6-12(14)13-11-8-5-7-9(2)10(11)3/h5,7-8H,3-4,6H2,1-2H3,(H,13,14). The maximum atomic E-state index is 11.3. The summed E-state index contributed by atoms with van der Waals surface area (Å²) in [5.74, 6) is 0.0583. The van der Waals surface area contributed by atoms with E-state index in [0.29, 0.717) is 6.42 Å². The first-order valence-corrected chi connectivity index (χ1v) is 4.86. The summed E-state index contributed by atoms with van der Waals surface area (Å²) < 4.78 is 0. The number of carbonyl (C=O) groups is 1. The van der Waals surface area contributed by atoms with E-state index < -0.39 is 0 Å². The van der Waals surface area contributed by atoms with E-state index in [1.807, 2.05) is 32.0 Å². The number of nitrogens with one attached hydrogen (secondary N) is 1. The van der Waals surface area contributed by atoms with E-state index in [4.69, 9.17) is 0 Å². The predicted octanol–water partition coefficient (Wildman–Crippen LogP) is 2.92. The van der Waals surface area contributed by atoms with Gasteiger partial charge in [-0.3, -0.25) is 4.79 Å². The number of amides is 1. The van der Waals surface area contributed by atoms with Gasteiger partial charge in [0.05, 0.1) is 0 Å². The highest BCUT2D eigenvalue weighted by atomic mass is 16.1. The van der Waals surface area contributed by atoms with Gasteiger partial charge in [-0.1, -0.05) is 19.1 Å². The summed E-state index contributed by atoms with van der Waals surface area (Å²) in [6, 6.07) is 5.78. The van der Waals surface area contributed by atoms with Gasteiger partial charge in [0.25, 0.3) is 0 Å². The van der Waals surface area contributed by atoms with Gasteiger partial charge in [0.15, 0.2) is 0 Å². The van der Waals surface area contributed by atoms with Crippen LogP contribution in [0.2, 0.25) is 0 Å². The minimum Gasteiger partial charge on any atom is -0.326 e. The third kappa shape index (κ3) is 2.59. The van der Waals surface area contributed by atoms with E-state index in [9.17, 15) is 4.79 Å². The molecule has 14 heavy (non-hydrogen) atoms. The molecule has 0 aliphatic rings. The first kappa shape index (κ1) is 10.8. The first-order chi connectivity index (χ1) is 6.65. The molecule has 0 spiro atoms. The number of aryl methyl sites for hydroxylation is 1. The minimum atomic E-state index is 0.0583. The summed E-state index contributed by atoms with van der Waals surface area (Å²) >= 11 is 0. The topological polar surface area (TPSA) is 29.1 Å². The van der Waals surface area contributed by atoms with E-state index in [2.05, 4.69) is 12.2 Å². The van der Waals surface area contributed by atoms with Gasteiger partial charge in [-0.25, -0.2) is 0 Å². The van der Waals surface area contributed by atoms with Crippen molar-refractivity contribution in [3.05, 3.63) is 36.2 Å². The van der Waals surface area contributed by atoms with Crippen molar-refractivity contribution in [3.63, 3.8) is 0 Å². The maximum absolute atomic E-state index is 11.3. The summed E-state index contributed by atoms with van der Waals surface area (Å²) in [6.45, 7) is 7.89. The fraction of sp³-hybridized carbons (Fsp3) is 0.333. The molecular weight excluding hydrogens is 174 g/mol. The SMILES string of the molecule is [CH2]c1c(C)cccc1NC(=O)CCC. The summed E-state index contributed by atoms with van der Waals surface area (Å²) in [7, 11) is 0. The zero-order chi connectivity index (χ0) is 10.6. The molecule has 0 saturated carbocycles. The van der Waals surface area contributed by atoms with Crippen molar-refractivity contribution in [2.45, 2.75) is 26.7 Å². The van der Waals surface area contributed by atoms with Gasteiger partial charge in [-0.2, -0.15) is 0 Å². The largest absolute Gasteiger partial charge is 0.326 e. The van der Waals surface area contributed by atoms with Crippen molar-refractivity contribution in [1.82, 2.24) is 0 Å². The van der Waals surface area contributed by atoms with Gasteiger partial charge in [0.2, 0.25) is 5.91 Å². The molecule has 0 atom stereocenters. The normalized spacial score (nSPS) is 9.93. The van der Waals surface area contributed by atoms with Crippen LogP contribution >= 0.6 is 0 Å². The Kier molecular flexibility index (Phi) is 3.69. The smallest absolute Gasteiger partial charge is 0.224 e. The Morgan fingerprint density at radius 3 is 2.86 bits per heavy atom. The van der Waals surface area contributed by atoms with Crippen LogP contribution in [0.3, 0.4) is 0 Å². The Balaban J connectivity index is 2.76. The molecule has 2 nitrogen and oxygen atoms in total. The number of hydrogen-bond acceptors (Lipinski definition) is 1. The molecule has 0 aromatic heterocycles. The zero-order valence-corrected chi connectivity index (χ0v) is 8.76. The van der Waals surface area contributed by atoms with E-state index in [1.54, 1.807) is 0 Å². The number of rotatable bonds is 3. The lowest BCUT2D eigenvalue weighted by Gasteiger charge is -2.09. The van der Waals surface area contributed by atoms with Crippen molar-refractivity contribution in [2.24, 2.45) is 0 Å². The number of carbonyl (C=O) groups excluding carboxylic acids is 1. The molecule has 1 aromatic rings. The molecule has 1 N–H and O–H groups in total. The molecule has 0 saturated heterocycles. The highest BCUT2D eigenvalue weighted by Crippen LogP contribution is 2.17. The van der Waals surface area contributed by atoms with E-state index in [0.717, 1.165) is 23.2 Å². The van der Waals surface area contributed by atoms with Crippen LogP contribution in [0, 0.1) is 13.8 Å². The Bertz CT molecular complexity index is 331. The average Bonchev–Trinajstić information content (AvgIpc) is 2.13. The first-order valence-electron chi connectivity index (χ1n) is 4.86. The fourth-order valence-electron chi connectivity index (χ4n) is 1.26. The summed E-state index contributed by atoms with van der Waals surface area (Å²) in [5, 5.41) is 2.85. The summed E-state index contributed by atoms with van der Waals surface area (Å²) in [6.07, 6.45) is 1.43. The molecular formula is C12H16NO. The second-order valence-corrected chi connectivity index (χ2v) is 3.40. The third-order valence-electron chi connectivity index (χ3n) is 2.16. The predicted molar refractivity (Wildman–Crippen MR) is 59.2 cm³/mol. The molecule has 2 heteroatoms. The molecule has 75 valence electrons. The molecule has 0 aliphatic heterocycles. The molecule has 1 amide bonds. The van der Waals surface area contributed by atoms with Gasteiger partial charge < -0.3 is 5.32 Å². The van der Waals surface area contributed by atoms with Crippen molar-refractivity contribution < 1.29 is 4.79 Å². The lowest BCUT2D eigenvalue weighted by molar-refractivity contribution is -0.116. The molecule has 0 heterocycles. The quantitative estimate of drug-likeness (QED) is 0.780. The zero-order valence-electron chi connectivity index (χ0n) is 8.76. The van der Waals surface area contributed by atoms with Crippen molar-refractivity contribution in [3.8, 4) is 0 Å². The molecule has 1 aromatic carbocycles. The third-order valence-corrected chi connectivity index (χ3v) is 2.16. The molecule has 0 aliphatic carbocycles. The second-order valence-electron chi connectivity index (χ2n) is 3.40. The number of benzene rings is 1. The van der Waals surface area contributed by atoms with E-state index in [-0.39, 0.29) is 5.91 Å². The van der Waals surface area contributed by atoms with Crippen LogP contribution in [0.25, 0.3) is 0 Å². The Labute approximate surface area is 85.3 Å². The fourth-order valence-corrected chi connectivity index (χ4v) is 1.26. The number of anilines is 1. The van der Waals surface area contributed by atoms with E-state index in [1.165, 1.54) is 0 Å². The molecule has 1 radical (unpaired) electrons. The van der Waals surface area contributed by atoms with Crippen molar-refractivity contribution in [1.29, 1.82) is 0 Å². The monoisotopic (exact) mass is 190 g/mol. The lowest BCUT2D eigenvalue weighted by atomic mass is 10.1. The molecule has 0 fully saturated rings. The van der Waals surface area contributed by atoms with Crippen LogP contribution in [-0.2, 0) is 4.79 Å². The molecule has 0 bridgehead atoms. The highest BCUT2D eigenvalue weighted by Gasteiger charge is 2.04.